The summed E-state index contributed by atoms with van der Waals surface area (Å²) in [6, 6.07) is 8.21. The van der Waals surface area contributed by atoms with Gasteiger partial charge in [0.25, 0.3) is 0 Å². The molecule has 1 aromatic carbocycles. The summed E-state index contributed by atoms with van der Waals surface area (Å²) in [4.78, 5) is 17.9. The lowest BCUT2D eigenvalue weighted by molar-refractivity contribution is 0.220. The average molecular weight is 346 g/mol. The van der Waals surface area contributed by atoms with Crippen molar-refractivity contribution in [3.05, 3.63) is 36.4 Å². The van der Waals surface area contributed by atoms with Gasteiger partial charge in [-0.3, -0.25) is 0 Å². The fourth-order valence-electron chi connectivity index (χ4n) is 3.36. The van der Waals surface area contributed by atoms with E-state index in [1.165, 1.54) is 4.90 Å². The van der Waals surface area contributed by atoms with Crippen molar-refractivity contribution in [3.63, 3.8) is 0 Å². The molecule has 0 aromatic heterocycles. The van der Waals surface area contributed by atoms with E-state index in [0.717, 1.165) is 43.9 Å². The first-order valence-corrected chi connectivity index (χ1v) is 9.69. The van der Waals surface area contributed by atoms with E-state index in [0.29, 0.717) is 11.8 Å². The molecule has 1 heterocycles. The Hall–Kier alpha value is -1.46. The molecule has 2 amide bonds. The summed E-state index contributed by atoms with van der Waals surface area (Å²) in [6.45, 7) is 2.84. The second-order valence-electron chi connectivity index (χ2n) is 6.97. The van der Waals surface area contributed by atoms with Crippen LogP contribution >= 0.6 is 11.8 Å². The number of carbonyl (C=O) groups excluding carboxylic acids is 1. The van der Waals surface area contributed by atoms with Gasteiger partial charge in [0.2, 0.25) is 0 Å². The smallest absolute Gasteiger partial charge is 0.321 e. The van der Waals surface area contributed by atoms with Crippen molar-refractivity contribution in [2.45, 2.75) is 17.7 Å². The number of nitrogens with zero attached hydrogens (tertiary/aromatic N) is 2. The number of nitrogens with one attached hydrogen (secondary N) is 1. The second-order valence-corrected chi connectivity index (χ2v) is 8.14. The van der Waals surface area contributed by atoms with Crippen LogP contribution in [0.15, 0.2) is 41.3 Å². The Kier molecular flexibility index (Phi) is 5.85. The Labute approximate surface area is 149 Å². The highest BCUT2D eigenvalue weighted by atomic mass is 32.2. The number of thioether (sulfide) groups is 1. The number of anilines is 1. The molecule has 0 spiro atoms. The van der Waals surface area contributed by atoms with Gasteiger partial charge in [-0.2, -0.15) is 0 Å². The van der Waals surface area contributed by atoms with Crippen LogP contribution in [0.25, 0.3) is 0 Å². The van der Waals surface area contributed by atoms with Crippen LogP contribution in [0.3, 0.4) is 0 Å². The molecule has 0 saturated carbocycles. The van der Waals surface area contributed by atoms with Gasteiger partial charge >= 0.3 is 6.03 Å². The topological polar surface area (TPSA) is 35.6 Å². The van der Waals surface area contributed by atoms with Crippen molar-refractivity contribution in [2.24, 2.45) is 11.8 Å². The Morgan fingerprint density at radius 1 is 1.17 bits per heavy atom. The molecule has 3 rings (SSSR count). The van der Waals surface area contributed by atoms with Crippen molar-refractivity contribution in [1.29, 1.82) is 0 Å². The number of fused-ring (bicyclic) bond motifs is 1. The lowest BCUT2D eigenvalue weighted by Crippen LogP contribution is -2.33. The number of hydrogen-bond acceptors (Lipinski definition) is 3. The first kappa shape index (κ1) is 17.4. The molecule has 1 aliphatic carbocycles. The summed E-state index contributed by atoms with van der Waals surface area (Å²) >= 11 is 1.84. The van der Waals surface area contributed by atoms with E-state index in [1.54, 1.807) is 0 Å². The molecule has 1 aromatic rings. The fourth-order valence-corrected chi connectivity index (χ4v) is 4.38. The van der Waals surface area contributed by atoms with Crippen LogP contribution in [-0.2, 0) is 0 Å². The molecular formula is C19H27N3OS. The maximum absolute atomic E-state index is 12.5. The Bertz CT molecular complexity index is 569. The van der Waals surface area contributed by atoms with Gasteiger partial charge < -0.3 is 15.1 Å². The number of amides is 2. The lowest BCUT2D eigenvalue weighted by Gasteiger charge is -2.17. The van der Waals surface area contributed by atoms with E-state index in [1.807, 2.05) is 28.8 Å². The van der Waals surface area contributed by atoms with Crippen molar-refractivity contribution in [3.8, 4) is 0 Å². The Balaban J connectivity index is 1.48. The third kappa shape index (κ3) is 4.54. The quantitative estimate of drug-likeness (QED) is 0.652. The van der Waals surface area contributed by atoms with E-state index in [2.05, 4.69) is 48.6 Å². The third-order valence-electron chi connectivity index (χ3n) is 4.82. The van der Waals surface area contributed by atoms with Crippen LogP contribution in [0.1, 0.15) is 12.8 Å². The molecule has 1 N–H and O–H groups in total. The van der Waals surface area contributed by atoms with Gasteiger partial charge in [0.05, 0.1) is 0 Å². The maximum atomic E-state index is 12.5. The number of rotatable bonds is 5. The molecule has 0 radical (unpaired) electrons. The van der Waals surface area contributed by atoms with E-state index in [4.69, 9.17) is 0 Å². The molecule has 130 valence electrons. The maximum Gasteiger partial charge on any atom is 0.321 e. The molecule has 1 fully saturated rings. The van der Waals surface area contributed by atoms with Gasteiger partial charge in [-0.15, -0.1) is 11.8 Å². The molecule has 1 aliphatic heterocycles. The number of carbonyl (C=O) groups is 1. The molecule has 2 atom stereocenters. The minimum absolute atomic E-state index is 0.0393. The SMILES string of the molecule is CN(C)CCSc1ccc(NC(=O)N2C[C@@H]3CC=CC[C@H]3C2)cc1. The Morgan fingerprint density at radius 3 is 2.38 bits per heavy atom. The standard InChI is InChI=1S/C19H27N3OS/c1-21(2)11-12-24-18-9-7-17(8-10-18)20-19(23)22-13-15-5-3-4-6-16(15)14-22/h3-4,7-10,15-16H,5-6,11-14H2,1-2H3,(H,20,23)/t15-,16-/m0/s1. The fraction of sp³-hybridized carbons (Fsp3) is 0.526. The Morgan fingerprint density at radius 2 is 1.79 bits per heavy atom. The average Bonchev–Trinajstić information content (AvgIpc) is 3.00. The summed E-state index contributed by atoms with van der Waals surface area (Å²) in [6.07, 6.45) is 6.76. The van der Waals surface area contributed by atoms with Gasteiger partial charge in [-0.25, -0.2) is 4.79 Å². The van der Waals surface area contributed by atoms with Crippen LogP contribution in [0.4, 0.5) is 10.5 Å². The van der Waals surface area contributed by atoms with E-state index in [9.17, 15) is 4.79 Å². The molecule has 0 unspecified atom stereocenters. The van der Waals surface area contributed by atoms with Gasteiger partial charge in [-0.1, -0.05) is 12.2 Å². The second kappa shape index (κ2) is 8.08. The summed E-state index contributed by atoms with van der Waals surface area (Å²) in [5, 5.41) is 3.04. The predicted octanol–water partition coefficient (Wildman–Crippen LogP) is 3.77. The number of urea groups is 1. The van der Waals surface area contributed by atoms with Gasteiger partial charge in [0, 0.05) is 36.0 Å². The normalized spacial score (nSPS) is 22.7. The highest BCUT2D eigenvalue weighted by molar-refractivity contribution is 7.99. The predicted molar refractivity (Wildman–Crippen MR) is 102 cm³/mol. The molecule has 1 saturated heterocycles. The molecular weight excluding hydrogens is 318 g/mol. The first-order chi connectivity index (χ1) is 11.6. The largest absolute Gasteiger partial charge is 0.324 e. The van der Waals surface area contributed by atoms with Crippen LogP contribution in [0.2, 0.25) is 0 Å². The lowest BCUT2D eigenvalue weighted by atomic mass is 9.86. The minimum atomic E-state index is 0.0393. The summed E-state index contributed by atoms with van der Waals surface area (Å²) in [5.74, 6) is 2.37. The monoisotopic (exact) mass is 345 g/mol. The molecule has 5 heteroatoms. The van der Waals surface area contributed by atoms with E-state index >= 15 is 0 Å². The molecule has 0 bridgehead atoms. The summed E-state index contributed by atoms with van der Waals surface area (Å²) < 4.78 is 0. The van der Waals surface area contributed by atoms with Crippen LogP contribution in [0.5, 0.6) is 0 Å². The number of allylic oxidation sites excluding steroid dienone is 2. The van der Waals surface area contributed by atoms with Crippen molar-refractivity contribution >= 4 is 23.5 Å². The van der Waals surface area contributed by atoms with Gasteiger partial charge in [-0.05, 0) is 63.0 Å². The van der Waals surface area contributed by atoms with Crippen molar-refractivity contribution in [2.75, 3.05) is 44.8 Å². The zero-order chi connectivity index (χ0) is 16.9. The van der Waals surface area contributed by atoms with E-state index in [-0.39, 0.29) is 6.03 Å². The van der Waals surface area contributed by atoms with Gasteiger partial charge in [0.1, 0.15) is 0 Å². The zero-order valence-electron chi connectivity index (χ0n) is 14.6. The van der Waals surface area contributed by atoms with Gasteiger partial charge in [0.15, 0.2) is 0 Å². The number of hydrogen-bond donors (Lipinski definition) is 1. The zero-order valence-corrected chi connectivity index (χ0v) is 15.4. The van der Waals surface area contributed by atoms with Crippen molar-refractivity contribution in [1.82, 2.24) is 9.80 Å². The highest BCUT2D eigenvalue weighted by Gasteiger charge is 2.35. The molecule has 4 nitrogen and oxygen atoms in total. The third-order valence-corrected chi connectivity index (χ3v) is 5.81. The summed E-state index contributed by atoms with van der Waals surface area (Å²) in [7, 11) is 4.17. The summed E-state index contributed by atoms with van der Waals surface area (Å²) in [5.41, 5.74) is 0.880. The first-order valence-electron chi connectivity index (χ1n) is 8.70. The number of benzene rings is 1. The van der Waals surface area contributed by atoms with E-state index < -0.39 is 0 Å². The van der Waals surface area contributed by atoms with Crippen LogP contribution < -0.4 is 5.32 Å². The van der Waals surface area contributed by atoms with Crippen LogP contribution in [-0.4, -0.2) is 55.3 Å². The molecule has 2 aliphatic rings. The minimum Gasteiger partial charge on any atom is -0.324 e. The molecule has 24 heavy (non-hydrogen) atoms. The van der Waals surface area contributed by atoms with Crippen LogP contribution in [0, 0.1) is 11.8 Å². The van der Waals surface area contributed by atoms with Crippen molar-refractivity contribution < 1.29 is 4.79 Å². The highest BCUT2D eigenvalue weighted by Crippen LogP contribution is 2.33. The number of likely N-dealkylation sites (tertiary alicyclic amines) is 1.